The fourth-order valence-electron chi connectivity index (χ4n) is 6.55. The number of ether oxygens (including phenoxy) is 1. The predicted molar refractivity (Wildman–Crippen MR) is 169 cm³/mol. The number of nitrogens with one attached hydrogen (secondary N) is 2. The van der Waals surface area contributed by atoms with Crippen LogP contribution in [0.15, 0.2) is 60.2 Å². The Labute approximate surface area is 263 Å². The minimum Gasteiger partial charge on any atom is -0.496 e. The number of piperazine rings is 1. The van der Waals surface area contributed by atoms with E-state index in [0.717, 1.165) is 77.1 Å². The largest absolute Gasteiger partial charge is 0.496 e. The smallest absolute Gasteiger partial charge is 0.252 e. The van der Waals surface area contributed by atoms with E-state index in [1.54, 1.807) is 7.11 Å². The van der Waals surface area contributed by atoms with Crippen LogP contribution in [0.2, 0.25) is 5.02 Å². The third-order valence-electron chi connectivity index (χ3n) is 9.06. The standard InChI is InChI=1S/C35H39ClF2N4O2/c1-21-24(5-4-6-32(21)44-3)19-42(26-11-12-26)35(43)33-27(15-25-16-39-17-31(33)40-25)23-9-7-22(8-10-23)18-41(2)20-28-29(37)13-14-30(38)34(28)36/h4-10,13-14,25-26,31,39-40H,11-12,15-20H2,1-3H3/t25-,31-/m1/s1. The molecule has 1 saturated carbocycles. The highest BCUT2D eigenvalue weighted by Crippen LogP contribution is 2.37. The monoisotopic (exact) mass is 620 g/mol. The van der Waals surface area contributed by atoms with E-state index in [1.165, 1.54) is 0 Å². The molecule has 9 heteroatoms. The fraction of sp³-hybridized carbons (Fsp3) is 0.400. The van der Waals surface area contributed by atoms with E-state index >= 15 is 0 Å². The number of amides is 1. The van der Waals surface area contributed by atoms with E-state index < -0.39 is 11.6 Å². The molecule has 0 aromatic heterocycles. The molecule has 0 spiro atoms. The summed E-state index contributed by atoms with van der Waals surface area (Å²) in [5, 5.41) is 7.04. The highest BCUT2D eigenvalue weighted by atomic mass is 35.5. The molecule has 3 aliphatic rings. The van der Waals surface area contributed by atoms with Gasteiger partial charge in [-0.1, -0.05) is 48.0 Å². The topological polar surface area (TPSA) is 56.8 Å². The van der Waals surface area contributed by atoms with Crippen molar-refractivity contribution in [2.45, 2.75) is 63.9 Å². The highest BCUT2D eigenvalue weighted by Gasteiger charge is 2.41. The van der Waals surface area contributed by atoms with Gasteiger partial charge in [-0.15, -0.1) is 0 Å². The summed E-state index contributed by atoms with van der Waals surface area (Å²) in [4.78, 5) is 18.5. The van der Waals surface area contributed by atoms with Crippen molar-refractivity contribution in [3.05, 3.63) is 105 Å². The van der Waals surface area contributed by atoms with Gasteiger partial charge in [-0.25, -0.2) is 8.78 Å². The molecule has 2 bridgehead atoms. The van der Waals surface area contributed by atoms with Crippen LogP contribution in [0.4, 0.5) is 8.78 Å². The summed E-state index contributed by atoms with van der Waals surface area (Å²) in [7, 11) is 3.53. The lowest BCUT2D eigenvalue weighted by molar-refractivity contribution is -0.128. The molecule has 6 nitrogen and oxygen atoms in total. The Balaban J connectivity index is 1.26. The molecule has 2 aliphatic heterocycles. The SMILES string of the molecule is COc1cccc(CN(C(=O)C2=C(c3ccc(CN(C)Cc4c(F)ccc(F)c4Cl)cc3)C[C@@H]3CNC[C@H]2N3)C2CC2)c1C. The van der Waals surface area contributed by atoms with Crippen LogP contribution in [-0.2, 0) is 24.4 Å². The molecule has 2 heterocycles. The van der Waals surface area contributed by atoms with Crippen LogP contribution < -0.4 is 15.4 Å². The molecule has 0 radical (unpaired) electrons. The number of hydrogen-bond donors (Lipinski definition) is 2. The van der Waals surface area contributed by atoms with E-state index in [2.05, 4.69) is 52.8 Å². The van der Waals surface area contributed by atoms with Crippen LogP contribution in [0.1, 0.15) is 47.1 Å². The maximum atomic E-state index is 14.5. The minimum atomic E-state index is -0.625. The van der Waals surface area contributed by atoms with Crippen molar-refractivity contribution in [1.82, 2.24) is 20.4 Å². The van der Waals surface area contributed by atoms with Gasteiger partial charge in [-0.3, -0.25) is 9.69 Å². The molecule has 44 heavy (non-hydrogen) atoms. The van der Waals surface area contributed by atoms with Gasteiger partial charge in [0.1, 0.15) is 17.4 Å². The number of halogens is 3. The van der Waals surface area contributed by atoms with Crippen molar-refractivity contribution in [3.8, 4) is 5.75 Å². The minimum absolute atomic E-state index is 0.0608. The van der Waals surface area contributed by atoms with E-state index in [-0.39, 0.29) is 41.2 Å². The first-order valence-electron chi connectivity index (χ1n) is 15.3. The predicted octanol–water partition coefficient (Wildman–Crippen LogP) is 5.85. The van der Waals surface area contributed by atoms with Crippen LogP contribution in [0, 0.1) is 18.6 Å². The Hall–Kier alpha value is -3.30. The van der Waals surface area contributed by atoms with Gasteiger partial charge in [0.25, 0.3) is 5.91 Å². The number of carbonyl (C=O) groups is 1. The van der Waals surface area contributed by atoms with Crippen LogP contribution >= 0.6 is 11.6 Å². The third kappa shape index (κ3) is 6.40. The summed E-state index contributed by atoms with van der Waals surface area (Å²) in [5.74, 6) is -0.211. The Bertz CT molecular complexity index is 1570. The molecular formula is C35H39ClF2N4O2. The molecule has 0 unspecified atom stereocenters. The van der Waals surface area contributed by atoms with Gasteiger partial charge in [0, 0.05) is 55.9 Å². The number of carbonyl (C=O) groups excluding carboxylic acids is 1. The molecule has 6 rings (SSSR count). The molecule has 1 amide bonds. The van der Waals surface area contributed by atoms with Gasteiger partial charge in [0.2, 0.25) is 0 Å². The van der Waals surface area contributed by atoms with Gasteiger partial charge in [0.05, 0.1) is 18.2 Å². The third-order valence-corrected chi connectivity index (χ3v) is 9.47. The summed E-state index contributed by atoms with van der Waals surface area (Å²) in [5.41, 5.74) is 6.34. The van der Waals surface area contributed by atoms with Crippen LogP contribution in [0.3, 0.4) is 0 Å². The maximum Gasteiger partial charge on any atom is 0.252 e. The molecule has 3 aromatic carbocycles. The van der Waals surface area contributed by atoms with Crippen molar-refractivity contribution in [2.75, 3.05) is 27.2 Å². The first-order valence-corrected chi connectivity index (χ1v) is 15.6. The number of hydrogen-bond acceptors (Lipinski definition) is 5. The number of rotatable bonds is 10. The lowest BCUT2D eigenvalue weighted by atomic mass is 9.83. The van der Waals surface area contributed by atoms with Crippen LogP contribution in [0.25, 0.3) is 5.57 Å². The second-order valence-electron chi connectivity index (χ2n) is 12.3. The quantitative estimate of drug-likeness (QED) is 0.279. The van der Waals surface area contributed by atoms with Crippen molar-refractivity contribution in [1.29, 1.82) is 0 Å². The lowest BCUT2D eigenvalue weighted by Gasteiger charge is -2.41. The van der Waals surface area contributed by atoms with E-state index in [0.29, 0.717) is 19.6 Å². The first kappa shape index (κ1) is 30.7. The molecule has 1 saturated heterocycles. The van der Waals surface area contributed by atoms with Crippen molar-refractivity contribution in [2.24, 2.45) is 0 Å². The number of fused-ring (bicyclic) bond motifs is 2. The number of methoxy groups -OCH3 is 1. The van der Waals surface area contributed by atoms with Crippen LogP contribution in [0.5, 0.6) is 5.75 Å². The zero-order valence-corrected chi connectivity index (χ0v) is 26.2. The number of nitrogens with zero attached hydrogens (tertiary/aromatic N) is 2. The van der Waals surface area contributed by atoms with E-state index in [9.17, 15) is 13.6 Å². The first-order chi connectivity index (χ1) is 21.2. The summed E-state index contributed by atoms with van der Waals surface area (Å²) in [6, 6.07) is 16.9. The zero-order chi connectivity index (χ0) is 31.0. The van der Waals surface area contributed by atoms with Gasteiger partial charge < -0.3 is 20.3 Å². The summed E-state index contributed by atoms with van der Waals surface area (Å²) in [6.45, 7) is 4.88. The molecular weight excluding hydrogens is 582 g/mol. The second kappa shape index (κ2) is 13.0. The van der Waals surface area contributed by atoms with Crippen LogP contribution in [-0.4, -0.2) is 61.1 Å². The fourth-order valence-corrected chi connectivity index (χ4v) is 6.76. The van der Waals surface area contributed by atoms with Crippen molar-refractivity contribution in [3.63, 3.8) is 0 Å². The zero-order valence-electron chi connectivity index (χ0n) is 25.4. The molecule has 1 aliphatic carbocycles. The van der Waals surface area contributed by atoms with Gasteiger partial charge in [0.15, 0.2) is 0 Å². The maximum absolute atomic E-state index is 14.5. The number of benzene rings is 3. The van der Waals surface area contributed by atoms with E-state index in [1.807, 2.05) is 24.1 Å². The molecule has 2 N–H and O–H groups in total. The molecule has 232 valence electrons. The summed E-state index contributed by atoms with van der Waals surface area (Å²) in [6.07, 6.45) is 2.80. The molecule has 3 aromatic rings. The highest BCUT2D eigenvalue weighted by molar-refractivity contribution is 6.31. The second-order valence-corrected chi connectivity index (χ2v) is 12.6. The van der Waals surface area contributed by atoms with Gasteiger partial charge >= 0.3 is 0 Å². The Morgan fingerprint density at radius 3 is 2.48 bits per heavy atom. The van der Waals surface area contributed by atoms with E-state index in [4.69, 9.17) is 16.3 Å². The summed E-state index contributed by atoms with van der Waals surface area (Å²) >= 11 is 6.05. The normalized spacial score (nSPS) is 19.8. The average Bonchev–Trinajstić information content (AvgIpc) is 3.86. The summed E-state index contributed by atoms with van der Waals surface area (Å²) < 4.78 is 33.8. The lowest BCUT2D eigenvalue weighted by Crippen LogP contribution is -2.60. The molecule has 2 atom stereocenters. The Kier molecular flexibility index (Phi) is 9.06. The van der Waals surface area contributed by atoms with Gasteiger partial charge in [-0.2, -0.15) is 0 Å². The Morgan fingerprint density at radius 1 is 1.00 bits per heavy atom. The van der Waals surface area contributed by atoms with Crippen molar-refractivity contribution < 1.29 is 18.3 Å². The van der Waals surface area contributed by atoms with Gasteiger partial charge in [-0.05, 0) is 79.3 Å². The average molecular weight is 621 g/mol. The van der Waals surface area contributed by atoms with Crippen molar-refractivity contribution >= 4 is 23.1 Å². The Morgan fingerprint density at radius 2 is 1.75 bits per heavy atom. The molecule has 2 fully saturated rings.